The van der Waals surface area contributed by atoms with Crippen LogP contribution in [0, 0.1) is 5.82 Å². The zero-order valence-electron chi connectivity index (χ0n) is 11.2. The number of methoxy groups -OCH3 is 2. The zero-order chi connectivity index (χ0) is 14.4. The van der Waals surface area contributed by atoms with Crippen molar-refractivity contribution in [2.75, 3.05) is 14.2 Å². The van der Waals surface area contributed by atoms with Crippen molar-refractivity contribution in [3.05, 3.63) is 29.6 Å². The molecule has 104 valence electrons. The molecule has 0 saturated heterocycles. The molecule has 1 aromatic carbocycles. The van der Waals surface area contributed by atoms with Crippen LogP contribution in [0.3, 0.4) is 0 Å². The van der Waals surface area contributed by atoms with Crippen molar-refractivity contribution in [2.45, 2.75) is 19.8 Å². The second-order valence-corrected chi connectivity index (χ2v) is 3.94. The SMILES string of the molecule is CCC/C(=C\C(=O)O)c1cc(OC)c(OC)cc1F. The van der Waals surface area contributed by atoms with E-state index in [0.29, 0.717) is 24.2 Å². The Bertz CT molecular complexity index is 494. The standard InChI is InChI=1S/C14H17FO4/c1-4-5-9(6-14(16)17)10-7-12(18-2)13(19-3)8-11(10)15/h6-8H,4-5H2,1-3H3,(H,16,17)/b9-6+. The fraction of sp³-hybridized carbons (Fsp3) is 0.357. The minimum Gasteiger partial charge on any atom is -0.493 e. The third kappa shape index (κ3) is 3.71. The minimum absolute atomic E-state index is 0.224. The van der Waals surface area contributed by atoms with Crippen molar-refractivity contribution in [1.82, 2.24) is 0 Å². The summed E-state index contributed by atoms with van der Waals surface area (Å²) in [5.74, 6) is -0.988. The Balaban J connectivity index is 3.34. The number of carboxylic acids is 1. The first-order valence-electron chi connectivity index (χ1n) is 5.88. The predicted molar refractivity (Wildman–Crippen MR) is 70.0 cm³/mol. The Kier molecular flexibility index (Phi) is 5.36. The Morgan fingerprint density at radius 2 is 1.89 bits per heavy atom. The topological polar surface area (TPSA) is 55.8 Å². The summed E-state index contributed by atoms with van der Waals surface area (Å²) in [4.78, 5) is 10.8. The van der Waals surface area contributed by atoms with Crippen LogP contribution in [0.5, 0.6) is 11.5 Å². The molecule has 0 heterocycles. The first-order valence-corrected chi connectivity index (χ1v) is 5.88. The molecule has 1 rings (SSSR count). The van der Waals surface area contributed by atoms with Crippen molar-refractivity contribution in [3.63, 3.8) is 0 Å². The number of hydrogen-bond donors (Lipinski definition) is 1. The van der Waals surface area contributed by atoms with Gasteiger partial charge in [0.05, 0.1) is 14.2 Å². The summed E-state index contributed by atoms with van der Waals surface area (Å²) in [6, 6.07) is 2.65. The maximum Gasteiger partial charge on any atom is 0.328 e. The zero-order valence-corrected chi connectivity index (χ0v) is 11.2. The molecule has 1 aromatic rings. The third-order valence-corrected chi connectivity index (χ3v) is 2.64. The normalized spacial score (nSPS) is 11.3. The average Bonchev–Trinajstić information content (AvgIpc) is 2.37. The second kappa shape index (κ2) is 6.78. The molecule has 0 fully saturated rings. The molecule has 19 heavy (non-hydrogen) atoms. The largest absolute Gasteiger partial charge is 0.493 e. The molecule has 0 aliphatic carbocycles. The van der Waals surface area contributed by atoms with E-state index in [1.807, 2.05) is 6.92 Å². The smallest absolute Gasteiger partial charge is 0.328 e. The highest BCUT2D eigenvalue weighted by Gasteiger charge is 2.14. The number of benzene rings is 1. The Morgan fingerprint density at radius 3 is 2.37 bits per heavy atom. The number of aliphatic carboxylic acids is 1. The van der Waals surface area contributed by atoms with E-state index in [-0.39, 0.29) is 11.3 Å². The molecule has 0 radical (unpaired) electrons. The van der Waals surface area contributed by atoms with E-state index < -0.39 is 11.8 Å². The molecule has 0 aromatic heterocycles. The van der Waals surface area contributed by atoms with Gasteiger partial charge >= 0.3 is 5.97 Å². The van der Waals surface area contributed by atoms with Crippen molar-refractivity contribution in [3.8, 4) is 11.5 Å². The van der Waals surface area contributed by atoms with Gasteiger partial charge in [0.15, 0.2) is 11.5 Å². The van der Waals surface area contributed by atoms with Crippen LogP contribution in [0.1, 0.15) is 25.3 Å². The molecule has 0 aliphatic rings. The predicted octanol–water partition coefficient (Wildman–Crippen LogP) is 3.11. The van der Waals surface area contributed by atoms with Crippen LogP contribution in [0.4, 0.5) is 4.39 Å². The van der Waals surface area contributed by atoms with E-state index in [1.165, 1.54) is 26.4 Å². The number of hydrogen-bond acceptors (Lipinski definition) is 3. The monoisotopic (exact) mass is 268 g/mol. The molecular formula is C14H17FO4. The van der Waals surface area contributed by atoms with Gasteiger partial charge in [-0.1, -0.05) is 13.3 Å². The molecule has 4 nitrogen and oxygen atoms in total. The number of ether oxygens (including phenoxy) is 2. The van der Waals surface area contributed by atoms with Crippen molar-refractivity contribution < 1.29 is 23.8 Å². The Labute approximate surface area is 111 Å². The minimum atomic E-state index is -1.10. The fourth-order valence-corrected chi connectivity index (χ4v) is 1.80. The van der Waals surface area contributed by atoms with E-state index in [1.54, 1.807) is 0 Å². The highest BCUT2D eigenvalue weighted by atomic mass is 19.1. The number of carbonyl (C=O) groups is 1. The summed E-state index contributed by atoms with van der Waals surface area (Å²) < 4.78 is 24.1. The van der Waals surface area contributed by atoms with Gasteiger partial charge in [0.2, 0.25) is 0 Å². The van der Waals surface area contributed by atoms with Gasteiger partial charge in [-0.15, -0.1) is 0 Å². The van der Waals surface area contributed by atoms with Gasteiger partial charge in [0, 0.05) is 17.7 Å². The average molecular weight is 268 g/mol. The summed E-state index contributed by atoms with van der Waals surface area (Å²) in [6.07, 6.45) is 2.21. The van der Waals surface area contributed by atoms with E-state index in [4.69, 9.17) is 14.6 Å². The summed E-state index contributed by atoms with van der Waals surface area (Å²) in [7, 11) is 2.86. The molecule has 1 N–H and O–H groups in total. The lowest BCUT2D eigenvalue weighted by Crippen LogP contribution is -1.99. The number of carboxylic acid groups (broad SMARTS) is 1. The maximum absolute atomic E-state index is 14.0. The van der Waals surface area contributed by atoms with Gasteiger partial charge in [0.25, 0.3) is 0 Å². The van der Waals surface area contributed by atoms with Crippen LogP contribution in [0.25, 0.3) is 5.57 Å². The van der Waals surface area contributed by atoms with Crippen LogP contribution in [-0.4, -0.2) is 25.3 Å². The Hall–Kier alpha value is -2.04. The molecule has 0 bridgehead atoms. The van der Waals surface area contributed by atoms with Crippen molar-refractivity contribution in [2.24, 2.45) is 0 Å². The summed E-state index contributed by atoms with van der Waals surface area (Å²) >= 11 is 0. The molecule has 0 saturated carbocycles. The summed E-state index contributed by atoms with van der Waals surface area (Å²) in [5, 5.41) is 8.84. The molecule has 0 amide bonds. The number of allylic oxidation sites excluding steroid dienone is 1. The molecule has 0 spiro atoms. The van der Waals surface area contributed by atoms with Gasteiger partial charge in [-0.2, -0.15) is 0 Å². The van der Waals surface area contributed by atoms with E-state index in [9.17, 15) is 9.18 Å². The number of halogens is 1. The van der Waals surface area contributed by atoms with Crippen LogP contribution >= 0.6 is 0 Å². The maximum atomic E-state index is 14.0. The van der Waals surface area contributed by atoms with Crippen LogP contribution in [0.2, 0.25) is 0 Å². The van der Waals surface area contributed by atoms with E-state index >= 15 is 0 Å². The first-order chi connectivity index (χ1) is 9.03. The molecule has 0 aliphatic heterocycles. The fourth-order valence-electron chi connectivity index (χ4n) is 1.80. The highest BCUT2D eigenvalue weighted by Crippen LogP contribution is 2.34. The summed E-state index contributed by atoms with van der Waals surface area (Å²) in [5.41, 5.74) is 0.648. The number of rotatable bonds is 6. The quantitative estimate of drug-likeness (QED) is 0.805. The van der Waals surface area contributed by atoms with Crippen molar-refractivity contribution >= 4 is 11.5 Å². The van der Waals surface area contributed by atoms with Crippen LogP contribution in [-0.2, 0) is 4.79 Å². The Morgan fingerprint density at radius 1 is 1.32 bits per heavy atom. The van der Waals surface area contributed by atoms with Gasteiger partial charge in [0.1, 0.15) is 5.82 Å². The van der Waals surface area contributed by atoms with Crippen molar-refractivity contribution in [1.29, 1.82) is 0 Å². The van der Waals surface area contributed by atoms with Gasteiger partial charge in [-0.3, -0.25) is 0 Å². The molecule has 5 heteroatoms. The van der Waals surface area contributed by atoms with Crippen LogP contribution < -0.4 is 9.47 Å². The highest BCUT2D eigenvalue weighted by molar-refractivity contribution is 5.90. The summed E-state index contributed by atoms with van der Waals surface area (Å²) in [6.45, 7) is 1.90. The second-order valence-electron chi connectivity index (χ2n) is 3.94. The van der Waals surface area contributed by atoms with Gasteiger partial charge in [-0.25, -0.2) is 9.18 Å². The van der Waals surface area contributed by atoms with Gasteiger partial charge in [-0.05, 0) is 18.1 Å². The third-order valence-electron chi connectivity index (χ3n) is 2.64. The van der Waals surface area contributed by atoms with E-state index in [0.717, 1.165) is 6.08 Å². The van der Waals surface area contributed by atoms with Gasteiger partial charge < -0.3 is 14.6 Å². The first kappa shape index (κ1) is 15.0. The lowest BCUT2D eigenvalue weighted by Gasteiger charge is -2.12. The van der Waals surface area contributed by atoms with E-state index in [2.05, 4.69) is 0 Å². The molecule has 0 unspecified atom stereocenters. The lowest BCUT2D eigenvalue weighted by atomic mass is 10.00. The molecule has 0 atom stereocenters. The lowest BCUT2D eigenvalue weighted by molar-refractivity contribution is -0.131. The molecular weight excluding hydrogens is 251 g/mol. The van der Waals surface area contributed by atoms with Crippen LogP contribution in [0.15, 0.2) is 18.2 Å².